The van der Waals surface area contributed by atoms with Gasteiger partial charge in [-0.3, -0.25) is 9.58 Å². The van der Waals surface area contributed by atoms with Gasteiger partial charge in [0.25, 0.3) is 0 Å². The number of ether oxygens (including phenoxy) is 1. The topological polar surface area (TPSA) is 78.1 Å². The summed E-state index contributed by atoms with van der Waals surface area (Å²) in [6.07, 6.45) is 5.65. The van der Waals surface area contributed by atoms with Crippen LogP contribution >= 0.6 is 0 Å². The van der Waals surface area contributed by atoms with E-state index >= 15 is 0 Å². The van der Waals surface area contributed by atoms with Crippen molar-refractivity contribution in [2.75, 3.05) is 11.4 Å². The van der Waals surface area contributed by atoms with Gasteiger partial charge < -0.3 is 4.74 Å². The monoisotopic (exact) mass is 340 g/mol. The number of nitrogens with zero attached hydrogens (tertiary/aromatic N) is 6. The first-order valence-corrected chi connectivity index (χ1v) is 8.45. The van der Waals surface area contributed by atoms with E-state index in [1.54, 1.807) is 22.0 Å². The fraction of sp³-hybridized carbons (Fsp3) is 0.412. The van der Waals surface area contributed by atoms with Crippen LogP contribution in [0.5, 0.6) is 0 Å². The minimum Gasteiger partial charge on any atom is -0.442 e. The van der Waals surface area contributed by atoms with Gasteiger partial charge in [-0.05, 0) is 31.5 Å². The molecule has 1 aromatic carbocycles. The minimum absolute atomic E-state index is 0.243. The molecule has 3 aromatic rings. The van der Waals surface area contributed by atoms with Gasteiger partial charge in [0.05, 0.1) is 31.0 Å². The van der Waals surface area contributed by atoms with Gasteiger partial charge in [0.2, 0.25) is 0 Å². The summed E-state index contributed by atoms with van der Waals surface area (Å²) >= 11 is 0. The van der Waals surface area contributed by atoms with E-state index in [1.165, 1.54) is 0 Å². The summed E-state index contributed by atoms with van der Waals surface area (Å²) in [5.74, 6) is 0. The zero-order chi connectivity index (χ0) is 17.4. The Morgan fingerprint density at radius 3 is 3.04 bits per heavy atom. The Hall–Kier alpha value is -2.90. The van der Waals surface area contributed by atoms with Gasteiger partial charge in [0.1, 0.15) is 6.10 Å². The number of carbonyl (C=O) groups is 1. The van der Waals surface area contributed by atoms with Crippen LogP contribution < -0.4 is 4.90 Å². The van der Waals surface area contributed by atoms with Crippen molar-refractivity contribution in [1.82, 2.24) is 24.8 Å². The molecule has 0 spiro atoms. The maximum absolute atomic E-state index is 12.2. The molecular weight excluding hydrogens is 320 g/mol. The summed E-state index contributed by atoms with van der Waals surface area (Å²) in [7, 11) is 0. The summed E-state index contributed by atoms with van der Waals surface area (Å²) in [4.78, 5) is 13.9. The molecule has 0 N–H and O–H groups in total. The van der Waals surface area contributed by atoms with Crippen molar-refractivity contribution >= 4 is 22.7 Å². The van der Waals surface area contributed by atoms with Crippen molar-refractivity contribution in [3.8, 4) is 0 Å². The van der Waals surface area contributed by atoms with Gasteiger partial charge >= 0.3 is 6.09 Å². The maximum Gasteiger partial charge on any atom is 0.414 e. The second-order valence-corrected chi connectivity index (χ2v) is 6.33. The highest BCUT2D eigenvalue weighted by atomic mass is 16.6. The highest BCUT2D eigenvalue weighted by Gasteiger charge is 2.33. The zero-order valence-corrected chi connectivity index (χ0v) is 14.2. The molecule has 4 rings (SSSR count). The van der Waals surface area contributed by atoms with Crippen LogP contribution in [0.1, 0.15) is 26.3 Å². The van der Waals surface area contributed by atoms with Gasteiger partial charge in [-0.25, -0.2) is 9.48 Å². The normalized spacial score (nSPS) is 18.7. The molecule has 0 unspecified atom stereocenters. The van der Waals surface area contributed by atoms with Gasteiger partial charge in [-0.2, -0.15) is 5.10 Å². The third-order valence-electron chi connectivity index (χ3n) is 4.64. The van der Waals surface area contributed by atoms with Gasteiger partial charge in [0.15, 0.2) is 0 Å². The molecule has 0 aliphatic carbocycles. The van der Waals surface area contributed by atoms with Crippen LogP contribution in [0, 0.1) is 0 Å². The maximum atomic E-state index is 12.2. The molecule has 8 nitrogen and oxygen atoms in total. The van der Waals surface area contributed by atoms with Crippen LogP contribution in [0.2, 0.25) is 0 Å². The molecule has 1 saturated heterocycles. The first-order valence-electron chi connectivity index (χ1n) is 8.45. The van der Waals surface area contributed by atoms with Crippen molar-refractivity contribution < 1.29 is 9.53 Å². The summed E-state index contributed by atoms with van der Waals surface area (Å²) in [6.45, 7) is 5.27. The first kappa shape index (κ1) is 15.6. The minimum atomic E-state index is -0.334. The molecule has 3 heterocycles. The number of benzene rings is 1. The zero-order valence-electron chi connectivity index (χ0n) is 14.2. The van der Waals surface area contributed by atoms with Crippen molar-refractivity contribution in [3.05, 3.63) is 36.8 Å². The molecule has 1 amide bonds. The average Bonchev–Trinajstić information content (AvgIpc) is 3.34. The van der Waals surface area contributed by atoms with E-state index in [2.05, 4.69) is 29.3 Å². The molecule has 1 fully saturated rings. The summed E-state index contributed by atoms with van der Waals surface area (Å²) in [5.41, 5.74) is 1.90. The lowest BCUT2D eigenvalue weighted by Crippen LogP contribution is -2.26. The standard InChI is InChI=1S/C17H20N6O2/c1-3-12(2)23-16-5-4-14(8-13(16)9-19-23)22-11-15(25-17(22)24)10-21-7-6-18-20-21/h4-9,12,15H,3,10-11H2,1-2H3/t12-,15+/m1/s1. The van der Waals surface area contributed by atoms with E-state index < -0.39 is 0 Å². The number of anilines is 1. The van der Waals surface area contributed by atoms with E-state index in [1.807, 2.05) is 29.1 Å². The van der Waals surface area contributed by atoms with Crippen molar-refractivity contribution in [2.24, 2.45) is 0 Å². The van der Waals surface area contributed by atoms with Crippen LogP contribution in [0.25, 0.3) is 10.9 Å². The third kappa shape index (κ3) is 2.84. The number of hydrogen-bond donors (Lipinski definition) is 0. The quantitative estimate of drug-likeness (QED) is 0.713. The molecule has 0 saturated carbocycles. The molecule has 1 aliphatic rings. The van der Waals surface area contributed by atoms with Crippen LogP contribution in [0.15, 0.2) is 36.8 Å². The average molecular weight is 340 g/mol. The summed E-state index contributed by atoms with van der Waals surface area (Å²) < 4.78 is 9.14. The smallest absolute Gasteiger partial charge is 0.414 e. The molecule has 0 radical (unpaired) electrons. The molecule has 8 heteroatoms. The predicted octanol–water partition coefficient (Wildman–Crippen LogP) is 2.62. The highest BCUT2D eigenvalue weighted by molar-refractivity contribution is 5.93. The molecule has 130 valence electrons. The van der Waals surface area contributed by atoms with Crippen LogP contribution in [0.4, 0.5) is 10.5 Å². The van der Waals surface area contributed by atoms with E-state index in [-0.39, 0.29) is 12.2 Å². The van der Waals surface area contributed by atoms with Gasteiger partial charge in [-0.15, -0.1) is 5.10 Å². The van der Waals surface area contributed by atoms with Crippen LogP contribution in [0.3, 0.4) is 0 Å². The van der Waals surface area contributed by atoms with Crippen LogP contribution in [-0.2, 0) is 11.3 Å². The number of hydrogen-bond acceptors (Lipinski definition) is 5. The largest absolute Gasteiger partial charge is 0.442 e. The molecule has 0 bridgehead atoms. The van der Waals surface area contributed by atoms with Crippen LogP contribution in [-0.4, -0.2) is 43.5 Å². The van der Waals surface area contributed by atoms with Gasteiger partial charge in [-0.1, -0.05) is 12.1 Å². The Labute approximate surface area is 145 Å². The van der Waals surface area contributed by atoms with Crippen molar-refractivity contribution in [1.29, 1.82) is 0 Å². The van der Waals surface area contributed by atoms with E-state index in [0.29, 0.717) is 19.1 Å². The fourth-order valence-corrected chi connectivity index (χ4v) is 3.10. The molecule has 2 aromatic heterocycles. The number of rotatable bonds is 5. The SMILES string of the molecule is CC[C@@H](C)n1ncc2cc(N3C[C@H](Cn4ccnn4)OC3=O)ccc21. The van der Waals surface area contributed by atoms with E-state index in [0.717, 1.165) is 23.0 Å². The Balaban J connectivity index is 1.56. The second kappa shape index (κ2) is 6.19. The third-order valence-corrected chi connectivity index (χ3v) is 4.64. The molecule has 25 heavy (non-hydrogen) atoms. The Morgan fingerprint density at radius 1 is 1.40 bits per heavy atom. The lowest BCUT2D eigenvalue weighted by molar-refractivity contribution is 0.129. The Kier molecular flexibility index (Phi) is 3.87. The van der Waals surface area contributed by atoms with E-state index in [4.69, 9.17) is 4.74 Å². The Bertz CT molecular complexity index is 888. The number of carbonyl (C=O) groups excluding carboxylic acids is 1. The lowest BCUT2D eigenvalue weighted by Gasteiger charge is -2.14. The molecule has 2 atom stereocenters. The highest BCUT2D eigenvalue weighted by Crippen LogP contribution is 2.28. The number of cyclic esters (lactones) is 1. The Morgan fingerprint density at radius 2 is 2.28 bits per heavy atom. The van der Waals surface area contributed by atoms with E-state index in [9.17, 15) is 4.79 Å². The molecular formula is C17H20N6O2. The number of fused-ring (bicyclic) bond motifs is 1. The number of aromatic nitrogens is 5. The fourth-order valence-electron chi connectivity index (χ4n) is 3.10. The summed E-state index contributed by atoms with van der Waals surface area (Å²) in [5, 5.41) is 13.2. The predicted molar refractivity (Wildman–Crippen MR) is 92.4 cm³/mol. The first-order chi connectivity index (χ1) is 12.2. The second-order valence-electron chi connectivity index (χ2n) is 6.33. The summed E-state index contributed by atoms with van der Waals surface area (Å²) in [6, 6.07) is 6.29. The number of amides is 1. The van der Waals surface area contributed by atoms with Crippen molar-refractivity contribution in [3.63, 3.8) is 0 Å². The molecule has 1 aliphatic heterocycles. The van der Waals surface area contributed by atoms with Crippen molar-refractivity contribution in [2.45, 2.75) is 39.0 Å². The van der Waals surface area contributed by atoms with Gasteiger partial charge in [0, 0.05) is 23.3 Å². The lowest BCUT2D eigenvalue weighted by atomic mass is 10.2.